The van der Waals surface area contributed by atoms with Crippen LogP contribution in [0.15, 0.2) is 18.2 Å². The summed E-state index contributed by atoms with van der Waals surface area (Å²) in [5.41, 5.74) is 1.38. The molecule has 1 saturated heterocycles. The van der Waals surface area contributed by atoms with Crippen molar-refractivity contribution in [2.24, 2.45) is 5.41 Å². The summed E-state index contributed by atoms with van der Waals surface area (Å²) in [6, 6.07) is 6.20. The molecule has 1 aliphatic rings. The summed E-state index contributed by atoms with van der Waals surface area (Å²) in [5.74, 6) is 1.60. The molecule has 0 aromatic heterocycles. The predicted molar refractivity (Wildman–Crippen MR) is 93.1 cm³/mol. The van der Waals surface area contributed by atoms with Crippen molar-refractivity contribution in [2.75, 3.05) is 26.8 Å². The van der Waals surface area contributed by atoms with Crippen LogP contribution in [0.1, 0.15) is 45.6 Å². The van der Waals surface area contributed by atoms with Crippen LogP contribution in [0.25, 0.3) is 0 Å². The number of benzene rings is 1. The number of methoxy groups -OCH3 is 1. The van der Waals surface area contributed by atoms with Crippen LogP contribution in [0, 0.1) is 5.41 Å². The molecule has 0 bridgehead atoms. The SMILES string of the molecule is CCC1(CO)CCN(Cc2ccc(OC(C)C)c(OC)c2)CC1. The van der Waals surface area contributed by atoms with Crippen LogP contribution in [0.3, 0.4) is 0 Å². The molecule has 1 N–H and O–H groups in total. The first kappa shape index (κ1) is 18.1. The normalized spacial score (nSPS) is 18.2. The van der Waals surface area contributed by atoms with Gasteiger partial charge in [-0.05, 0) is 69.3 Å². The summed E-state index contributed by atoms with van der Waals surface area (Å²) < 4.78 is 11.2. The summed E-state index contributed by atoms with van der Waals surface area (Å²) in [5, 5.41) is 9.64. The van der Waals surface area contributed by atoms with Gasteiger partial charge in [0, 0.05) is 13.2 Å². The fourth-order valence-corrected chi connectivity index (χ4v) is 3.23. The Morgan fingerprint density at radius 3 is 2.43 bits per heavy atom. The zero-order chi connectivity index (χ0) is 16.9. The van der Waals surface area contributed by atoms with Gasteiger partial charge in [0.1, 0.15) is 0 Å². The Morgan fingerprint density at radius 1 is 1.22 bits per heavy atom. The van der Waals surface area contributed by atoms with Gasteiger partial charge in [-0.25, -0.2) is 0 Å². The Balaban J connectivity index is 1.99. The van der Waals surface area contributed by atoms with Gasteiger partial charge < -0.3 is 14.6 Å². The van der Waals surface area contributed by atoms with E-state index >= 15 is 0 Å². The summed E-state index contributed by atoms with van der Waals surface area (Å²) in [7, 11) is 1.68. The molecule has 1 heterocycles. The smallest absolute Gasteiger partial charge is 0.161 e. The van der Waals surface area contributed by atoms with Crippen LogP contribution >= 0.6 is 0 Å². The molecule has 2 rings (SSSR count). The number of rotatable bonds is 7. The van der Waals surface area contributed by atoms with E-state index in [-0.39, 0.29) is 11.5 Å². The minimum absolute atomic E-state index is 0.137. The lowest BCUT2D eigenvalue weighted by molar-refractivity contribution is 0.0382. The summed E-state index contributed by atoms with van der Waals surface area (Å²) in [6.07, 6.45) is 3.35. The molecule has 0 saturated carbocycles. The Kier molecular flexibility index (Phi) is 6.31. The molecule has 1 fully saturated rings. The fraction of sp³-hybridized carbons (Fsp3) is 0.684. The van der Waals surface area contributed by atoms with Crippen LogP contribution in [-0.2, 0) is 6.54 Å². The molecule has 0 atom stereocenters. The lowest BCUT2D eigenvalue weighted by atomic mass is 9.77. The van der Waals surface area contributed by atoms with Gasteiger partial charge >= 0.3 is 0 Å². The second-order valence-corrected chi connectivity index (χ2v) is 6.94. The van der Waals surface area contributed by atoms with Gasteiger partial charge in [0.05, 0.1) is 13.2 Å². The first-order valence-corrected chi connectivity index (χ1v) is 8.68. The maximum absolute atomic E-state index is 9.64. The molecule has 0 aliphatic carbocycles. The molecule has 0 unspecified atom stereocenters. The van der Waals surface area contributed by atoms with Gasteiger partial charge in [-0.15, -0.1) is 0 Å². The van der Waals surface area contributed by atoms with Crippen molar-refractivity contribution in [1.82, 2.24) is 4.90 Å². The average Bonchev–Trinajstić information content (AvgIpc) is 2.57. The van der Waals surface area contributed by atoms with Crippen molar-refractivity contribution in [3.63, 3.8) is 0 Å². The van der Waals surface area contributed by atoms with Crippen LogP contribution in [0.2, 0.25) is 0 Å². The van der Waals surface area contributed by atoms with E-state index in [1.807, 2.05) is 19.9 Å². The maximum Gasteiger partial charge on any atom is 0.161 e. The van der Waals surface area contributed by atoms with Crippen molar-refractivity contribution in [2.45, 2.75) is 52.7 Å². The van der Waals surface area contributed by atoms with E-state index < -0.39 is 0 Å². The third-order valence-corrected chi connectivity index (χ3v) is 5.00. The summed E-state index contributed by atoms with van der Waals surface area (Å²) >= 11 is 0. The lowest BCUT2D eigenvalue weighted by Gasteiger charge is -2.40. The highest BCUT2D eigenvalue weighted by Gasteiger charge is 2.32. The van der Waals surface area contributed by atoms with Gasteiger partial charge in [-0.3, -0.25) is 4.90 Å². The molecule has 1 aliphatic heterocycles. The zero-order valence-corrected chi connectivity index (χ0v) is 15.0. The monoisotopic (exact) mass is 321 g/mol. The van der Waals surface area contributed by atoms with Gasteiger partial charge in [0.25, 0.3) is 0 Å². The molecule has 4 heteroatoms. The van der Waals surface area contributed by atoms with Crippen LogP contribution in [-0.4, -0.2) is 42.9 Å². The summed E-state index contributed by atoms with van der Waals surface area (Å²) in [6.45, 7) is 9.53. The highest BCUT2D eigenvalue weighted by atomic mass is 16.5. The quantitative estimate of drug-likeness (QED) is 0.835. The average molecular weight is 321 g/mol. The van der Waals surface area contributed by atoms with Crippen LogP contribution in [0.4, 0.5) is 0 Å². The van der Waals surface area contributed by atoms with E-state index in [1.54, 1.807) is 7.11 Å². The molecular weight excluding hydrogens is 290 g/mol. The van der Waals surface area contributed by atoms with Gasteiger partial charge in [-0.2, -0.15) is 0 Å². The van der Waals surface area contributed by atoms with Gasteiger partial charge in [0.2, 0.25) is 0 Å². The topological polar surface area (TPSA) is 41.9 Å². The Bertz CT molecular complexity index is 487. The first-order valence-electron chi connectivity index (χ1n) is 8.68. The van der Waals surface area contributed by atoms with E-state index in [0.717, 1.165) is 50.4 Å². The van der Waals surface area contributed by atoms with E-state index in [2.05, 4.69) is 24.0 Å². The van der Waals surface area contributed by atoms with Crippen LogP contribution in [0.5, 0.6) is 11.5 Å². The van der Waals surface area contributed by atoms with Gasteiger partial charge in [0.15, 0.2) is 11.5 Å². The minimum Gasteiger partial charge on any atom is -0.493 e. The Morgan fingerprint density at radius 2 is 1.91 bits per heavy atom. The lowest BCUT2D eigenvalue weighted by Crippen LogP contribution is -2.41. The van der Waals surface area contributed by atoms with Crippen molar-refractivity contribution in [3.05, 3.63) is 23.8 Å². The van der Waals surface area contributed by atoms with Crippen molar-refractivity contribution >= 4 is 0 Å². The second kappa shape index (κ2) is 8.02. The van der Waals surface area contributed by atoms with E-state index in [4.69, 9.17) is 9.47 Å². The first-order chi connectivity index (χ1) is 11.0. The van der Waals surface area contributed by atoms with Gasteiger partial charge in [-0.1, -0.05) is 13.0 Å². The van der Waals surface area contributed by atoms with Crippen LogP contribution < -0.4 is 9.47 Å². The molecular formula is C19H31NO3. The third-order valence-electron chi connectivity index (χ3n) is 5.00. The van der Waals surface area contributed by atoms with Crippen molar-refractivity contribution < 1.29 is 14.6 Å². The molecule has 130 valence electrons. The number of hydrogen-bond acceptors (Lipinski definition) is 4. The largest absolute Gasteiger partial charge is 0.493 e. The Hall–Kier alpha value is -1.26. The number of likely N-dealkylation sites (tertiary alicyclic amines) is 1. The highest BCUT2D eigenvalue weighted by molar-refractivity contribution is 5.43. The number of piperidine rings is 1. The third kappa shape index (κ3) is 4.61. The van der Waals surface area contributed by atoms with E-state index in [0.29, 0.717) is 6.61 Å². The van der Waals surface area contributed by atoms with E-state index in [1.165, 1.54) is 5.56 Å². The zero-order valence-electron chi connectivity index (χ0n) is 15.0. The Labute approximate surface area is 140 Å². The van der Waals surface area contributed by atoms with Crippen molar-refractivity contribution in [3.8, 4) is 11.5 Å². The molecule has 23 heavy (non-hydrogen) atoms. The number of ether oxygens (including phenoxy) is 2. The standard InChI is InChI=1S/C19H31NO3/c1-5-19(14-21)8-10-20(11-9-19)13-16-6-7-17(23-15(2)3)18(12-16)22-4/h6-7,12,15,21H,5,8-11,13-14H2,1-4H3. The molecule has 0 amide bonds. The molecule has 0 radical (unpaired) electrons. The number of aliphatic hydroxyl groups is 1. The highest BCUT2D eigenvalue weighted by Crippen LogP contribution is 2.35. The number of aliphatic hydroxyl groups excluding tert-OH is 1. The van der Waals surface area contributed by atoms with Crippen molar-refractivity contribution in [1.29, 1.82) is 0 Å². The summed E-state index contributed by atoms with van der Waals surface area (Å²) in [4.78, 5) is 2.46. The molecule has 1 aromatic rings. The van der Waals surface area contributed by atoms with E-state index in [9.17, 15) is 5.11 Å². The molecule has 1 aromatic carbocycles. The predicted octanol–water partition coefficient (Wildman–Crippen LogP) is 3.47. The molecule has 4 nitrogen and oxygen atoms in total. The minimum atomic E-state index is 0.137. The number of nitrogens with zero attached hydrogens (tertiary/aromatic N) is 1. The fourth-order valence-electron chi connectivity index (χ4n) is 3.23. The second-order valence-electron chi connectivity index (χ2n) is 6.94. The number of hydrogen-bond donors (Lipinski definition) is 1. The maximum atomic E-state index is 9.64. The molecule has 0 spiro atoms.